The molecule has 0 bridgehead atoms. The van der Waals surface area contributed by atoms with Gasteiger partial charge in [0.25, 0.3) is 0 Å². The summed E-state index contributed by atoms with van der Waals surface area (Å²) in [5.41, 5.74) is -1.18. The number of ether oxygens (including phenoxy) is 2. The van der Waals surface area contributed by atoms with Gasteiger partial charge in [0.1, 0.15) is 5.60 Å². The number of aliphatic hydroxyl groups is 2. The van der Waals surface area contributed by atoms with Gasteiger partial charge in [0.05, 0.1) is 24.7 Å². The minimum atomic E-state index is -0.600. The Morgan fingerprint density at radius 1 is 0.920 bits per heavy atom. The zero-order valence-corrected chi connectivity index (χ0v) is 16.6. The SMILES string of the molecule is COC(=O)C(C)(C)CCC(O)CCCC(O)CCC(C)(C)OC(C)=O. The Hall–Kier alpha value is -1.14. The number of esters is 2. The van der Waals surface area contributed by atoms with Crippen molar-refractivity contribution in [1.29, 1.82) is 0 Å². The number of carbonyl (C=O) groups excluding carboxylic acids is 2. The van der Waals surface area contributed by atoms with Crippen molar-refractivity contribution in [1.82, 2.24) is 0 Å². The van der Waals surface area contributed by atoms with E-state index in [1.165, 1.54) is 14.0 Å². The number of hydrogen-bond acceptors (Lipinski definition) is 6. The van der Waals surface area contributed by atoms with Crippen molar-refractivity contribution in [3.8, 4) is 0 Å². The first-order valence-electron chi connectivity index (χ1n) is 9.04. The molecule has 25 heavy (non-hydrogen) atoms. The van der Waals surface area contributed by atoms with Crippen LogP contribution in [0.15, 0.2) is 0 Å². The maximum Gasteiger partial charge on any atom is 0.311 e. The molecule has 148 valence electrons. The molecule has 0 radical (unpaired) electrons. The van der Waals surface area contributed by atoms with Crippen molar-refractivity contribution in [2.24, 2.45) is 5.41 Å². The fraction of sp³-hybridized carbons (Fsp3) is 0.895. The molecule has 2 atom stereocenters. The predicted octanol–water partition coefficient (Wildman–Crippen LogP) is 2.98. The lowest BCUT2D eigenvalue weighted by atomic mass is 9.86. The first-order valence-corrected chi connectivity index (χ1v) is 9.04. The zero-order chi connectivity index (χ0) is 19.7. The highest BCUT2D eigenvalue weighted by molar-refractivity contribution is 5.75. The largest absolute Gasteiger partial charge is 0.469 e. The second-order valence-electron chi connectivity index (χ2n) is 8.04. The summed E-state index contributed by atoms with van der Waals surface area (Å²) in [5, 5.41) is 20.1. The number of methoxy groups -OCH3 is 1. The normalized spacial score (nSPS) is 14.7. The average Bonchev–Trinajstić information content (AvgIpc) is 2.49. The lowest BCUT2D eigenvalue weighted by Crippen LogP contribution is -2.28. The molecule has 0 aromatic rings. The highest BCUT2D eigenvalue weighted by Crippen LogP contribution is 2.26. The first kappa shape index (κ1) is 23.9. The van der Waals surface area contributed by atoms with Crippen molar-refractivity contribution in [3.05, 3.63) is 0 Å². The third-order valence-electron chi connectivity index (χ3n) is 4.41. The molecule has 0 aromatic carbocycles. The van der Waals surface area contributed by atoms with Gasteiger partial charge in [-0.05, 0) is 72.6 Å². The highest BCUT2D eigenvalue weighted by atomic mass is 16.6. The monoisotopic (exact) mass is 360 g/mol. The maximum atomic E-state index is 11.6. The van der Waals surface area contributed by atoms with E-state index < -0.39 is 23.2 Å². The van der Waals surface area contributed by atoms with Gasteiger partial charge in [-0.3, -0.25) is 9.59 Å². The molecule has 0 aromatic heterocycles. The lowest BCUT2D eigenvalue weighted by molar-refractivity contribution is -0.155. The summed E-state index contributed by atoms with van der Waals surface area (Å²) >= 11 is 0. The molecule has 0 aliphatic rings. The fourth-order valence-corrected chi connectivity index (χ4v) is 2.74. The summed E-state index contributed by atoms with van der Waals surface area (Å²) in [4.78, 5) is 22.6. The second-order valence-corrected chi connectivity index (χ2v) is 8.04. The summed E-state index contributed by atoms with van der Waals surface area (Å²) in [5.74, 6) is -0.594. The minimum Gasteiger partial charge on any atom is -0.469 e. The van der Waals surface area contributed by atoms with E-state index in [2.05, 4.69) is 0 Å². The van der Waals surface area contributed by atoms with Gasteiger partial charge >= 0.3 is 11.9 Å². The van der Waals surface area contributed by atoms with Gasteiger partial charge in [0.15, 0.2) is 0 Å². The molecular weight excluding hydrogens is 324 g/mol. The zero-order valence-electron chi connectivity index (χ0n) is 16.6. The summed E-state index contributed by atoms with van der Waals surface area (Å²) in [6.45, 7) is 8.64. The summed E-state index contributed by atoms with van der Waals surface area (Å²) < 4.78 is 9.95. The molecule has 0 heterocycles. The van der Waals surface area contributed by atoms with Gasteiger partial charge in [0, 0.05) is 6.92 Å². The minimum absolute atomic E-state index is 0.273. The third kappa shape index (κ3) is 11.2. The van der Waals surface area contributed by atoms with Crippen LogP contribution in [-0.2, 0) is 19.1 Å². The van der Waals surface area contributed by atoms with Crippen LogP contribution in [-0.4, -0.2) is 47.1 Å². The Kier molecular flexibility index (Phi) is 10.3. The molecule has 0 rings (SSSR count). The van der Waals surface area contributed by atoms with E-state index in [0.29, 0.717) is 44.9 Å². The van der Waals surface area contributed by atoms with E-state index in [9.17, 15) is 19.8 Å². The molecule has 0 fully saturated rings. The van der Waals surface area contributed by atoms with Crippen LogP contribution in [0.1, 0.15) is 79.6 Å². The van der Waals surface area contributed by atoms with E-state index in [1.54, 1.807) is 13.8 Å². The standard InChI is InChI=1S/C19H36O6/c1-14(20)25-19(4,5)13-11-16(22)9-7-8-15(21)10-12-18(2,3)17(23)24-6/h15-16,21-22H,7-13H2,1-6H3. The van der Waals surface area contributed by atoms with E-state index in [0.717, 1.165) is 0 Å². The molecule has 0 saturated carbocycles. The van der Waals surface area contributed by atoms with E-state index in [4.69, 9.17) is 9.47 Å². The van der Waals surface area contributed by atoms with Gasteiger partial charge in [-0.25, -0.2) is 0 Å². The third-order valence-corrected chi connectivity index (χ3v) is 4.41. The van der Waals surface area contributed by atoms with Gasteiger partial charge < -0.3 is 19.7 Å². The van der Waals surface area contributed by atoms with Crippen LogP contribution in [0.2, 0.25) is 0 Å². The Morgan fingerprint density at radius 3 is 1.84 bits per heavy atom. The molecular formula is C19H36O6. The number of hydrogen-bond donors (Lipinski definition) is 2. The molecule has 2 N–H and O–H groups in total. The topological polar surface area (TPSA) is 93.1 Å². The first-order chi connectivity index (χ1) is 11.4. The van der Waals surface area contributed by atoms with Crippen molar-refractivity contribution in [2.45, 2.75) is 97.4 Å². The predicted molar refractivity (Wildman–Crippen MR) is 96.0 cm³/mol. The molecule has 0 aliphatic heterocycles. The van der Waals surface area contributed by atoms with Crippen molar-refractivity contribution < 1.29 is 29.3 Å². The average molecular weight is 360 g/mol. The van der Waals surface area contributed by atoms with Gasteiger partial charge in [-0.2, -0.15) is 0 Å². The van der Waals surface area contributed by atoms with Crippen molar-refractivity contribution in [3.63, 3.8) is 0 Å². The molecule has 0 aliphatic carbocycles. The molecule has 0 amide bonds. The van der Waals surface area contributed by atoms with Crippen molar-refractivity contribution in [2.75, 3.05) is 7.11 Å². The number of aliphatic hydroxyl groups excluding tert-OH is 2. The summed E-state index contributed by atoms with van der Waals surface area (Å²) in [6.07, 6.45) is 3.12. The van der Waals surface area contributed by atoms with Gasteiger partial charge in [-0.15, -0.1) is 0 Å². The van der Waals surface area contributed by atoms with Crippen LogP contribution in [0, 0.1) is 5.41 Å². The quantitative estimate of drug-likeness (QED) is 0.520. The van der Waals surface area contributed by atoms with Crippen LogP contribution >= 0.6 is 0 Å². The van der Waals surface area contributed by atoms with Crippen LogP contribution in [0.5, 0.6) is 0 Å². The fourth-order valence-electron chi connectivity index (χ4n) is 2.74. The Balaban J connectivity index is 3.98. The molecule has 2 unspecified atom stereocenters. The highest BCUT2D eigenvalue weighted by Gasteiger charge is 2.29. The molecule has 0 saturated heterocycles. The molecule has 6 heteroatoms. The van der Waals surface area contributed by atoms with E-state index >= 15 is 0 Å². The summed E-state index contributed by atoms with van der Waals surface area (Å²) in [7, 11) is 1.37. The van der Waals surface area contributed by atoms with Crippen LogP contribution in [0.3, 0.4) is 0 Å². The van der Waals surface area contributed by atoms with Crippen LogP contribution in [0.25, 0.3) is 0 Å². The molecule has 6 nitrogen and oxygen atoms in total. The Labute approximate surface area is 151 Å². The Morgan fingerprint density at radius 2 is 1.40 bits per heavy atom. The summed E-state index contributed by atoms with van der Waals surface area (Å²) in [6, 6.07) is 0. The van der Waals surface area contributed by atoms with E-state index in [-0.39, 0.29) is 11.9 Å². The van der Waals surface area contributed by atoms with Gasteiger partial charge in [0.2, 0.25) is 0 Å². The smallest absolute Gasteiger partial charge is 0.311 e. The van der Waals surface area contributed by atoms with Crippen LogP contribution in [0.4, 0.5) is 0 Å². The van der Waals surface area contributed by atoms with Gasteiger partial charge in [-0.1, -0.05) is 0 Å². The lowest BCUT2D eigenvalue weighted by Gasteiger charge is -2.25. The second kappa shape index (κ2) is 10.8. The van der Waals surface area contributed by atoms with E-state index in [1.807, 2.05) is 13.8 Å². The number of carbonyl (C=O) groups is 2. The number of rotatable bonds is 12. The molecule has 0 spiro atoms. The Bertz CT molecular complexity index is 416. The van der Waals surface area contributed by atoms with Crippen molar-refractivity contribution >= 4 is 11.9 Å². The maximum absolute atomic E-state index is 11.6. The van der Waals surface area contributed by atoms with Crippen LogP contribution < -0.4 is 0 Å².